The number of aromatic nitrogens is 3. The van der Waals surface area contributed by atoms with Gasteiger partial charge in [-0.1, -0.05) is 48.0 Å². The number of Topliss-reactive ketones (excluding diaryl/α,β-unsaturated/α-hetero) is 1. The van der Waals surface area contributed by atoms with E-state index in [1.165, 1.54) is 18.5 Å². The number of nitrogens with zero attached hydrogens (tertiary/aromatic N) is 3. The Labute approximate surface area is 165 Å². The van der Waals surface area contributed by atoms with Crippen LogP contribution in [0.2, 0.25) is 5.02 Å². The molecule has 0 amide bonds. The minimum Gasteiger partial charge on any atom is -0.328 e. The first-order chi connectivity index (χ1) is 13.6. The summed E-state index contributed by atoms with van der Waals surface area (Å²) in [7, 11) is 0. The minimum atomic E-state index is -0.425. The third kappa shape index (κ3) is 2.72. The summed E-state index contributed by atoms with van der Waals surface area (Å²) in [5.74, 6) is -0.177. The first kappa shape index (κ1) is 17.1. The van der Waals surface area contributed by atoms with Gasteiger partial charge in [0.25, 0.3) is 0 Å². The number of carbonyl (C=O) groups excluding carboxylic acids is 1. The van der Waals surface area contributed by atoms with Crippen LogP contribution in [0.25, 0.3) is 0 Å². The van der Waals surface area contributed by atoms with Crippen molar-refractivity contribution < 1.29 is 9.18 Å². The molecule has 1 aliphatic carbocycles. The molecule has 1 aromatic heterocycles. The Morgan fingerprint density at radius 3 is 2.71 bits per heavy atom. The first-order valence-electron chi connectivity index (χ1n) is 9.02. The van der Waals surface area contributed by atoms with Gasteiger partial charge in [-0.15, -0.1) is 0 Å². The minimum absolute atomic E-state index is 0.0883. The fourth-order valence-electron chi connectivity index (χ4n) is 4.13. The van der Waals surface area contributed by atoms with E-state index in [0.29, 0.717) is 17.4 Å². The number of nitrogens with one attached hydrogen (secondary N) is 1. The Morgan fingerprint density at radius 2 is 1.93 bits per heavy atom. The molecule has 5 rings (SSSR count). The summed E-state index contributed by atoms with van der Waals surface area (Å²) >= 11 is 6.46. The Kier molecular flexibility index (Phi) is 4.02. The molecule has 0 saturated carbocycles. The molecule has 3 atom stereocenters. The van der Waals surface area contributed by atoms with Crippen molar-refractivity contribution in [2.24, 2.45) is 5.92 Å². The quantitative estimate of drug-likeness (QED) is 0.702. The number of rotatable bonds is 2. The van der Waals surface area contributed by atoms with Crippen molar-refractivity contribution in [1.29, 1.82) is 0 Å². The molecule has 0 spiro atoms. The van der Waals surface area contributed by atoms with Crippen LogP contribution in [-0.4, -0.2) is 20.5 Å². The molecule has 0 saturated heterocycles. The summed E-state index contributed by atoms with van der Waals surface area (Å²) in [6.45, 7) is 0. The Hall–Kier alpha value is -2.99. The molecule has 2 aliphatic rings. The fourth-order valence-corrected chi connectivity index (χ4v) is 4.37. The number of anilines is 1. The summed E-state index contributed by atoms with van der Waals surface area (Å²) in [6, 6.07) is 13.4. The lowest BCUT2D eigenvalue weighted by atomic mass is 9.75. The SMILES string of the molecule is O=C1CC(c2ccc(F)cc2)C=C2Nc3ncnn3C(c3ccccc3Cl)C12. The third-order valence-electron chi connectivity index (χ3n) is 5.41. The average molecular weight is 395 g/mol. The van der Waals surface area contributed by atoms with Gasteiger partial charge in [-0.3, -0.25) is 4.79 Å². The summed E-state index contributed by atoms with van der Waals surface area (Å²) in [4.78, 5) is 17.5. The van der Waals surface area contributed by atoms with Gasteiger partial charge in [0.2, 0.25) is 5.95 Å². The zero-order valence-electron chi connectivity index (χ0n) is 14.7. The van der Waals surface area contributed by atoms with Crippen LogP contribution in [0.3, 0.4) is 0 Å². The molecule has 2 heterocycles. The molecular weight excluding hydrogens is 379 g/mol. The highest BCUT2D eigenvalue weighted by Crippen LogP contribution is 2.45. The van der Waals surface area contributed by atoms with E-state index in [1.54, 1.807) is 16.8 Å². The normalized spacial score (nSPS) is 23.4. The molecule has 0 bridgehead atoms. The molecule has 0 fully saturated rings. The van der Waals surface area contributed by atoms with E-state index >= 15 is 0 Å². The number of halogens is 2. The van der Waals surface area contributed by atoms with E-state index in [1.807, 2.05) is 30.3 Å². The van der Waals surface area contributed by atoms with E-state index in [-0.39, 0.29) is 23.6 Å². The molecule has 3 unspecified atom stereocenters. The molecule has 1 aliphatic heterocycles. The zero-order valence-corrected chi connectivity index (χ0v) is 15.5. The number of benzene rings is 2. The fraction of sp³-hybridized carbons (Fsp3) is 0.190. The van der Waals surface area contributed by atoms with E-state index in [4.69, 9.17) is 11.6 Å². The maximum absolute atomic E-state index is 13.3. The largest absolute Gasteiger partial charge is 0.328 e. The summed E-state index contributed by atoms with van der Waals surface area (Å²) in [6.07, 6.45) is 3.85. The molecule has 28 heavy (non-hydrogen) atoms. The van der Waals surface area contributed by atoms with Crippen LogP contribution < -0.4 is 5.32 Å². The number of allylic oxidation sites excluding steroid dienone is 2. The Bertz CT molecular complexity index is 1090. The highest BCUT2D eigenvalue weighted by molar-refractivity contribution is 6.31. The van der Waals surface area contributed by atoms with Crippen LogP contribution in [0.4, 0.5) is 10.3 Å². The van der Waals surface area contributed by atoms with Gasteiger partial charge in [0, 0.05) is 23.1 Å². The van der Waals surface area contributed by atoms with Gasteiger partial charge in [-0.25, -0.2) is 9.07 Å². The van der Waals surface area contributed by atoms with Crippen LogP contribution in [0.5, 0.6) is 0 Å². The maximum atomic E-state index is 13.3. The van der Waals surface area contributed by atoms with Crippen molar-refractivity contribution in [1.82, 2.24) is 14.8 Å². The van der Waals surface area contributed by atoms with Gasteiger partial charge >= 0.3 is 0 Å². The topological polar surface area (TPSA) is 59.8 Å². The molecular formula is C21H16ClFN4O. The van der Waals surface area contributed by atoms with Crippen molar-refractivity contribution in [3.05, 3.63) is 88.6 Å². The summed E-state index contributed by atoms with van der Waals surface area (Å²) in [5, 5.41) is 8.17. The first-order valence-corrected chi connectivity index (χ1v) is 9.40. The lowest BCUT2D eigenvalue weighted by Crippen LogP contribution is -2.40. The number of carbonyl (C=O) groups is 1. The number of fused-ring (bicyclic) bond motifs is 2. The standard InChI is InChI=1S/C21H16ClFN4O/c22-16-4-2-1-3-15(16)20-19-17(26-21-24-11-25-27(20)21)9-13(10-18(19)28)12-5-7-14(23)8-6-12/h1-9,11,13,19-20H,10H2,(H,24,25,26). The number of hydrogen-bond acceptors (Lipinski definition) is 4. The molecule has 0 radical (unpaired) electrons. The lowest BCUT2D eigenvalue weighted by molar-refractivity contribution is -0.123. The van der Waals surface area contributed by atoms with Crippen LogP contribution in [0, 0.1) is 11.7 Å². The molecule has 7 heteroatoms. The molecule has 3 aromatic rings. The monoisotopic (exact) mass is 394 g/mol. The molecule has 2 aromatic carbocycles. The predicted octanol–water partition coefficient (Wildman–Crippen LogP) is 4.34. The van der Waals surface area contributed by atoms with Gasteiger partial charge in [0.05, 0.1) is 12.0 Å². The van der Waals surface area contributed by atoms with Gasteiger partial charge in [-0.2, -0.15) is 10.1 Å². The van der Waals surface area contributed by atoms with Crippen LogP contribution in [0.15, 0.2) is 66.6 Å². The number of hydrogen-bond donors (Lipinski definition) is 1. The number of ketones is 1. The van der Waals surface area contributed by atoms with Crippen LogP contribution in [0.1, 0.15) is 29.5 Å². The van der Waals surface area contributed by atoms with Crippen molar-refractivity contribution >= 4 is 23.3 Å². The Balaban J connectivity index is 1.62. The second kappa shape index (κ2) is 6.56. The van der Waals surface area contributed by atoms with Crippen LogP contribution in [-0.2, 0) is 4.79 Å². The van der Waals surface area contributed by atoms with Crippen LogP contribution >= 0.6 is 11.6 Å². The van der Waals surface area contributed by atoms with Crippen molar-refractivity contribution in [3.63, 3.8) is 0 Å². The van der Waals surface area contributed by atoms with Crippen molar-refractivity contribution in [2.75, 3.05) is 5.32 Å². The highest BCUT2D eigenvalue weighted by atomic mass is 35.5. The Morgan fingerprint density at radius 1 is 1.14 bits per heavy atom. The maximum Gasteiger partial charge on any atom is 0.226 e. The second-order valence-corrected chi connectivity index (χ2v) is 7.45. The van der Waals surface area contributed by atoms with Gasteiger partial charge < -0.3 is 5.32 Å². The third-order valence-corrected chi connectivity index (χ3v) is 5.76. The van der Waals surface area contributed by atoms with E-state index in [0.717, 1.165) is 16.8 Å². The smallest absolute Gasteiger partial charge is 0.226 e. The second-order valence-electron chi connectivity index (χ2n) is 7.05. The molecule has 5 nitrogen and oxygen atoms in total. The summed E-state index contributed by atoms with van der Waals surface area (Å²) in [5.41, 5.74) is 2.53. The van der Waals surface area contributed by atoms with E-state index in [9.17, 15) is 9.18 Å². The van der Waals surface area contributed by atoms with Crippen molar-refractivity contribution in [2.45, 2.75) is 18.4 Å². The molecule has 140 valence electrons. The van der Waals surface area contributed by atoms with E-state index < -0.39 is 5.92 Å². The average Bonchev–Trinajstić information content (AvgIpc) is 3.15. The van der Waals surface area contributed by atoms with Gasteiger partial charge in [0.15, 0.2) is 0 Å². The van der Waals surface area contributed by atoms with Crippen molar-refractivity contribution in [3.8, 4) is 0 Å². The molecule has 1 N–H and O–H groups in total. The van der Waals surface area contributed by atoms with Gasteiger partial charge in [-0.05, 0) is 29.3 Å². The summed E-state index contributed by atoms with van der Waals surface area (Å²) < 4.78 is 15.0. The zero-order chi connectivity index (χ0) is 19.3. The predicted molar refractivity (Wildman–Crippen MR) is 104 cm³/mol. The lowest BCUT2D eigenvalue weighted by Gasteiger charge is -2.38. The highest BCUT2D eigenvalue weighted by Gasteiger charge is 2.43. The van der Waals surface area contributed by atoms with E-state index in [2.05, 4.69) is 15.4 Å². The van der Waals surface area contributed by atoms with Gasteiger partial charge in [0.1, 0.15) is 17.9 Å².